The summed E-state index contributed by atoms with van der Waals surface area (Å²) >= 11 is 0. The van der Waals surface area contributed by atoms with Gasteiger partial charge in [0.1, 0.15) is 0 Å². The maximum atomic E-state index is 12.5. The number of nitrogens with zero attached hydrogens (tertiary/aromatic N) is 2. The summed E-state index contributed by atoms with van der Waals surface area (Å²) in [7, 11) is -0.706. The van der Waals surface area contributed by atoms with Crippen LogP contribution in [-0.2, 0) is 16.6 Å². The zero-order chi connectivity index (χ0) is 21.9. The van der Waals surface area contributed by atoms with Crippen LogP contribution in [0, 0.1) is 0 Å². The predicted octanol–water partition coefficient (Wildman–Crippen LogP) is 1.09. The van der Waals surface area contributed by atoms with Crippen LogP contribution in [0.5, 0.6) is 0 Å². The summed E-state index contributed by atoms with van der Waals surface area (Å²) < 4.78 is 26.5. The fraction of sp³-hybridized carbons (Fsp3) is 0.150. The molecule has 0 aliphatic rings. The third kappa shape index (κ3) is 4.73. The molecule has 1 aromatic heterocycles. The van der Waals surface area contributed by atoms with Gasteiger partial charge in [-0.1, -0.05) is 12.1 Å². The van der Waals surface area contributed by atoms with Gasteiger partial charge in [-0.25, -0.2) is 17.4 Å². The minimum absolute atomic E-state index is 0.0911. The van der Waals surface area contributed by atoms with Crippen LogP contribution in [-0.4, -0.2) is 42.5 Å². The molecule has 3 aromatic rings. The summed E-state index contributed by atoms with van der Waals surface area (Å²) in [6, 6.07) is 14.8. The first kappa shape index (κ1) is 21.2. The molecule has 0 unspecified atom stereocenters. The second kappa shape index (κ2) is 8.47. The van der Waals surface area contributed by atoms with Gasteiger partial charge in [-0.15, -0.1) is 0 Å². The standard InChI is InChI=1S/C20H20N4O5S/c1-23(2)30(28,29)17-8-6-15(7-9-17)20(27)21-16-5-3-4-14(12-16)13-24-19(26)11-10-18(25)22-24/h3-12H,13H2,1-2H3,(H,21,27)(H,22,25). The van der Waals surface area contributed by atoms with E-state index in [9.17, 15) is 22.8 Å². The Kier molecular flexibility index (Phi) is 5.99. The Morgan fingerprint density at radius 1 is 1.03 bits per heavy atom. The minimum Gasteiger partial charge on any atom is -0.322 e. The van der Waals surface area contributed by atoms with Gasteiger partial charge in [-0.2, -0.15) is 0 Å². The quantitative estimate of drug-likeness (QED) is 0.609. The van der Waals surface area contributed by atoms with Crippen LogP contribution in [0.1, 0.15) is 15.9 Å². The van der Waals surface area contributed by atoms with Gasteiger partial charge in [-0.3, -0.25) is 19.5 Å². The summed E-state index contributed by atoms with van der Waals surface area (Å²) in [5.74, 6) is -0.411. The van der Waals surface area contributed by atoms with Crippen LogP contribution in [0.3, 0.4) is 0 Å². The maximum absolute atomic E-state index is 12.5. The summed E-state index contributed by atoms with van der Waals surface area (Å²) in [6.45, 7) is 0.135. The van der Waals surface area contributed by atoms with Crippen molar-refractivity contribution in [2.75, 3.05) is 19.4 Å². The number of amides is 1. The molecule has 1 heterocycles. The van der Waals surface area contributed by atoms with Crippen molar-refractivity contribution in [2.45, 2.75) is 11.4 Å². The Labute approximate surface area is 172 Å². The highest BCUT2D eigenvalue weighted by Crippen LogP contribution is 2.16. The first-order valence-electron chi connectivity index (χ1n) is 8.90. The van der Waals surface area contributed by atoms with Crippen molar-refractivity contribution in [1.82, 2.24) is 14.1 Å². The number of hydrogen-bond acceptors (Lipinski definition) is 5. The number of anilines is 1. The SMILES string of the molecule is CN(C)S(=O)(=O)c1ccc(C(=O)Nc2cccc(Cn3[nH]c(=O)ccc3=O)c2)cc1. The van der Waals surface area contributed by atoms with Gasteiger partial charge < -0.3 is 5.32 Å². The molecule has 0 atom stereocenters. The lowest BCUT2D eigenvalue weighted by molar-refractivity contribution is 0.102. The van der Waals surface area contributed by atoms with Crippen molar-refractivity contribution >= 4 is 21.6 Å². The van der Waals surface area contributed by atoms with Crippen LogP contribution in [0.25, 0.3) is 0 Å². The molecular formula is C20H20N4O5S. The van der Waals surface area contributed by atoms with Crippen LogP contribution in [0.15, 0.2) is 75.1 Å². The number of carbonyl (C=O) groups is 1. The monoisotopic (exact) mass is 428 g/mol. The molecule has 2 aromatic carbocycles. The molecule has 0 saturated heterocycles. The minimum atomic E-state index is -3.57. The molecule has 156 valence electrons. The van der Waals surface area contributed by atoms with Crippen molar-refractivity contribution < 1.29 is 13.2 Å². The van der Waals surface area contributed by atoms with Crippen molar-refractivity contribution in [3.63, 3.8) is 0 Å². The van der Waals surface area contributed by atoms with Gasteiger partial charge in [-0.05, 0) is 42.0 Å². The first-order valence-corrected chi connectivity index (χ1v) is 10.3. The van der Waals surface area contributed by atoms with Gasteiger partial charge in [0, 0.05) is 37.5 Å². The summed E-state index contributed by atoms with van der Waals surface area (Å²) in [4.78, 5) is 35.8. The number of sulfonamides is 1. The third-order valence-electron chi connectivity index (χ3n) is 4.31. The lowest BCUT2D eigenvalue weighted by Crippen LogP contribution is -2.28. The molecule has 30 heavy (non-hydrogen) atoms. The Hall–Kier alpha value is -3.50. The highest BCUT2D eigenvalue weighted by Gasteiger charge is 2.17. The van der Waals surface area contributed by atoms with Gasteiger partial charge in [0.25, 0.3) is 17.0 Å². The van der Waals surface area contributed by atoms with Crippen LogP contribution < -0.4 is 16.4 Å². The number of benzene rings is 2. The van der Waals surface area contributed by atoms with Crippen molar-refractivity contribution in [3.8, 4) is 0 Å². The van der Waals surface area contributed by atoms with E-state index >= 15 is 0 Å². The van der Waals surface area contributed by atoms with E-state index in [2.05, 4.69) is 10.4 Å². The summed E-state index contributed by atoms with van der Waals surface area (Å²) in [5.41, 5.74) is 0.746. The number of aromatic nitrogens is 2. The van der Waals surface area contributed by atoms with Gasteiger partial charge in [0.15, 0.2) is 0 Å². The topological polar surface area (TPSA) is 121 Å². The average molecular weight is 428 g/mol. The second-order valence-electron chi connectivity index (χ2n) is 6.70. The van der Waals surface area contributed by atoms with Crippen LogP contribution >= 0.6 is 0 Å². The molecule has 0 saturated carbocycles. The van der Waals surface area contributed by atoms with E-state index in [0.717, 1.165) is 10.4 Å². The third-order valence-corrected chi connectivity index (χ3v) is 6.14. The molecular weight excluding hydrogens is 408 g/mol. The molecule has 0 radical (unpaired) electrons. The molecule has 1 amide bonds. The lowest BCUT2D eigenvalue weighted by Gasteiger charge is -2.12. The van der Waals surface area contributed by atoms with E-state index in [1.54, 1.807) is 24.3 Å². The zero-order valence-corrected chi connectivity index (χ0v) is 17.1. The molecule has 3 rings (SSSR count). The Bertz CT molecular complexity index is 1290. The Morgan fingerprint density at radius 2 is 1.73 bits per heavy atom. The number of aromatic amines is 1. The Morgan fingerprint density at radius 3 is 2.40 bits per heavy atom. The van der Waals surface area contributed by atoms with E-state index in [1.165, 1.54) is 49.1 Å². The normalized spacial score (nSPS) is 11.4. The fourth-order valence-electron chi connectivity index (χ4n) is 2.70. The second-order valence-corrected chi connectivity index (χ2v) is 8.85. The highest BCUT2D eigenvalue weighted by atomic mass is 32.2. The van der Waals surface area contributed by atoms with E-state index in [0.29, 0.717) is 16.8 Å². The molecule has 10 heteroatoms. The highest BCUT2D eigenvalue weighted by molar-refractivity contribution is 7.89. The molecule has 0 bridgehead atoms. The fourth-order valence-corrected chi connectivity index (χ4v) is 3.60. The summed E-state index contributed by atoms with van der Waals surface area (Å²) in [6.07, 6.45) is 0. The van der Waals surface area contributed by atoms with Gasteiger partial charge >= 0.3 is 0 Å². The van der Waals surface area contributed by atoms with E-state index in [-0.39, 0.29) is 17.0 Å². The van der Waals surface area contributed by atoms with Gasteiger partial charge in [0.05, 0.1) is 11.4 Å². The largest absolute Gasteiger partial charge is 0.322 e. The molecule has 2 N–H and O–H groups in total. The predicted molar refractivity (Wildman–Crippen MR) is 112 cm³/mol. The molecule has 0 aliphatic carbocycles. The van der Waals surface area contributed by atoms with E-state index in [1.807, 2.05) is 0 Å². The lowest BCUT2D eigenvalue weighted by atomic mass is 10.1. The molecule has 0 aliphatic heterocycles. The summed E-state index contributed by atoms with van der Waals surface area (Å²) in [5, 5.41) is 5.18. The number of nitrogens with one attached hydrogen (secondary N) is 2. The Balaban J connectivity index is 1.76. The van der Waals surface area contributed by atoms with Crippen LogP contribution in [0.2, 0.25) is 0 Å². The smallest absolute Gasteiger partial charge is 0.265 e. The number of rotatable bonds is 6. The first-order chi connectivity index (χ1) is 14.2. The molecule has 9 nitrogen and oxygen atoms in total. The zero-order valence-electron chi connectivity index (χ0n) is 16.3. The molecule has 0 fully saturated rings. The van der Waals surface area contributed by atoms with E-state index in [4.69, 9.17) is 0 Å². The maximum Gasteiger partial charge on any atom is 0.265 e. The average Bonchev–Trinajstić information content (AvgIpc) is 2.71. The van der Waals surface area contributed by atoms with E-state index < -0.39 is 21.5 Å². The molecule has 0 spiro atoms. The number of hydrogen-bond donors (Lipinski definition) is 2. The van der Waals surface area contributed by atoms with Crippen LogP contribution in [0.4, 0.5) is 5.69 Å². The van der Waals surface area contributed by atoms with Crippen molar-refractivity contribution in [1.29, 1.82) is 0 Å². The van der Waals surface area contributed by atoms with Gasteiger partial charge in [0.2, 0.25) is 10.0 Å². The number of carbonyl (C=O) groups excluding carboxylic acids is 1. The van der Waals surface area contributed by atoms with Crippen molar-refractivity contribution in [3.05, 3.63) is 92.5 Å². The van der Waals surface area contributed by atoms with Crippen molar-refractivity contribution in [2.24, 2.45) is 0 Å². The number of H-pyrrole nitrogens is 1.